The predicted octanol–water partition coefficient (Wildman–Crippen LogP) is 10.4. The van der Waals surface area contributed by atoms with E-state index in [2.05, 4.69) is 102 Å². The Bertz CT molecular complexity index is 2820. The summed E-state index contributed by atoms with van der Waals surface area (Å²) in [5.74, 6) is 1.33. The Hall–Kier alpha value is -7.32. The number of nitrogens with zero attached hydrogens (tertiary/aromatic N) is 3. The molecular formula is C48H38N4O4. The van der Waals surface area contributed by atoms with Crippen molar-refractivity contribution in [3.8, 4) is 39.5 Å². The molecule has 0 saturated heterocycles. The highest BCUT2D eigenvalue weighted by molar-refractivity contribution is 6.12. The summed E-state index contributed by atoms with van der Waals surface area (Å²) < 4.78 is 20.3. The minimum absolute atomic E-state index is 0.428. The van der Waals surface area contributed by atoms with Crippen molar-refractivity contribution in [2.24, 2.45) is 0 Å². The molecule has 5 heterocycles. The van der Waals surface area contributed by atoms with Crippen LogP contribution in [-0.4, -0.2) is 48.1 Å². The zero-order valence-electron chi connectivity index (χ0n) is 31.4. The quantitative estimate of drug-likeness (QED) is 0.167. The van der Waals surface area contributed by atoms with Gasteiger partial charge in [0.2, 0.25) is 0 Å². The topological polar surface area (TPSA) is 83.4 Å². The molecular weight excluding hydrogens is 697 g/mol. The van der Waals surface area contributed by atoms with Crippen LogP contribution >= 0.6 is 0 Å². The largest absolute Gasteiger partial charge is 0.492 e. The number of fused-ring (bicyclic) bond motifs is 8. The second-order valence-electron chi connectivity index (χ2n) is 13.3. The van der Waals surface area contributed by atoms with E-state index < -0.39 is 0 Å². The van der Waals surface area contributed by atoms with Crippen molar-refractivity contribution >= 4 is 45.4 Å². The average Bonchev–Trinajstić information content (AvgIpc) is 4.04. The van der Waals surface area contributed by atoms with Gasteiger partial charge in [-0.2, -0.15) is 4.73 Å². The van der Waals surface area contributed by atoms with Crippen molar-refractivity contribution in [1.29, 1.82) is 0 Å². The maximum atomic E-state index is 6.49. The fourth-order valence-electron chi connectivity index (χ4n) is 7.76. The maximum Gasteiger partial charge on any atom is 0.194 e. The molecule has 7 aromatic rings. The molecule has 1 N–H and O–H groups in total. The summed E-state index contributed by atoms with van der Waals surface area (Å²) in [4.78, 5) is 20.7. The maximum absolute atomic E-state index is 6.49. The first-order valence-corrected chi connectivity index (χ1v) is 18.3. The third kappa shape index (κ3) is 5.79. The molecule has 9 rings (SSSR count). The summed E-state index contributed by atoms with van der Waals surface area (Å²) in [5.41, 5.74) is 13.6. The van der Waals surface area contributed by atoms with Gasteiger partial charge in [0.15, 0.2) is 22.8 Å². The second-order valence-corrected chi connectivity index (χ2v) is 13.3. The number of H-pyrrole nitrogens is 1. The van der Waals surface area contributed by atoms with Gasteiger partial charge in [-0.25, -0.2) is 9.97 Å². The molecule has 8 heteroatoms. The van der Waals surface area contributed by atoms with Gasteiger partial charge in [0.25, 0.3) is 0 Å². The van der Waals surface area contributed by atoms with Crippen molar-refractivity contribution < 1.29 is 19.0 Å². The molecule has 2 aliphatic heterocycles. The zero-order chi connectivity index (χ0) is 38.2. The van der Waals surface area contributed by atoms with E-state index in [-0.39, 0.29) is 0 Å². The van der Waals surface area contributed by atoms with Crippen molar-refractivity contribution in [2.75, 3.05) is 28.4 Å². The highest BCUT2D eigenvalue weighted by Gasteiger charge is 2.33. The Morgan fingerprint density at radius 2 is 1.02 bits per heavy atom. The van der Waals surface area contributed by atoms with E-state index >= 15 is 0 Å². The summed E-state index contributed by atoms with van der Waals surface area (Å²) >= 11 is 0. The third-order valence-corrected chi connectivity index (χ3v) is 10.1. The first kappa shape index (κ1) is 34.4. The smallest absolute Gasteiger partial charge is 0.194 e. The summed E-state index contributed by atoms with van der Waals surface area (Å²) in [6.07, 6.45) is 3.97. The van der Waals surface area contributed by atoms with Gasteiger partial charge in [0, 0.05) is 27.8 Å². The third-order valence-electron chi connectivity index (χ3n) is 10.1. The number of nitrogens with one attached hydrogen (secondary N) is 1. The van der Waals surface area contributed by atoms with Crippen LogP contribution in [0.2, 0.25) is 0 Å². The highest BCUT2D eigenvalue weighted by Crippen LogP contribution is 2.50. The Labute approximate surface area is 324 Å². The van der Waals surface area contributed by atoms with Crippen molar-refractivity contribution in [3.63, 3.8) is 0 Å². The number of rotatable bonds is 8. The first-order valence-electron chi connectivity index (χ1n) is 18.3. The van der Waals surface area contributed by atoms with E-state index in [1.165, 1.54) is 0 Å². The minimum Gasteiger partial charge on any atom is -0.492 e. The van der Waals surface area contributed by atoms with Crippen LogP contribution in [-0.2, 0) is 0 Å². The molecule has 4 aromatic carbocycles. The average molecular weight is 735 g/mol. The van der Waals surface area contributed by atoms with Gasteiger partial charge in [-0.15, -0.1) is 0 Å². The van der Waals surface area contributed by atoms with Gasteiger partial charge in [0.1, 0.15) is 18.3 Å². The van der Waals surface area contributed by atoms with Gasteiger partial charge < -0.3 is 24.0 Å². The summed E-state index contributed by atoms with van der Waals surface area (Å²) in [7, 11) is 6.48. The van der Waals surface area contributed by atoms with Gasteiger partial charge in [0.05, 0.1) is 43.9 Å². The van der Waals surface area contributed by atoms with E-state index in [4.69, 9.17) is 29.0 Å². The predicted molar refractivity (Wildman–Crippen MR) is 225 cm³/mol. The van der Waals surface area contributed by atoms with Gasteiger partial charge in [-0.3, -0.25) is 0 Å². The van der Waals surface area contributed by atoms with Crippen LogP contribution in [0.4, 0.5) is 0 Å². The van der Waals surface area contributed by atoms with Crippen LogP contribution in [0.1, 0.15) is 33.9 Å². The molecule has 0 fully saturated rings. The molecule has 0 radical (unpaired) electrons. The summed E-state index contributed by atoms with van der Waals surface area (Å²) in [5, 5.41) is 0. The lowest BCUT2D eigenvalue weighted by atomic mass is 9.89. The van der Waals surface area contributed by atoms with Gasteiger partial charge in [-0.05, 0) is 52.6 Å². The van der Waals surface area contributed by atoms with E-state index in [0.29, 0.717) is 39.7 Å². The number of aromatic nitrogens is 4. The Balaban J connectivity index is 1.62. The molecule has 56 heavy (non-hydrogen) atoms. The minimum atomic E-state index is 0.428. The van der Waals surface area contributed by atoms with Crippen LogP contribution in [0, 0.1) is 0 Å². The molecule has 8 bridgehead atoms. The van der Waals surface area contributed by atoms with Crippen LogP contribution < -0.4 is 19.0 Å². The number of ether oxygens (including phenoxy) is 3. The van der Waals surface area contributed by atoms with Crippen LogP contribution in [0.5, 0.6) is 17.2 Å². The van der Waals surface area contributed by atoms with Crippen molar-refractivity contribution in [1.82, 2.24) is 19.7 Å². The molecule has 274 valence electrons. The number of hydrogen-bond acceptors (Lipinski definition) is 6. The lowest BCUT2D eigenvalue weighted by molar-refractivity contribution is 0.186. The number of aromatic amines is 1. The Kier molecular flexibility index (Phi) is 8.91. The van der Waals surface area contributed by atoms with Crippen LogP contribution in [0.15, 0.2) is 140 Å². The molecule has 0 spiro atoms. The van der Waals surface area contributed by atoms with Gasteiger partial charge in [-0.1, -0.05) is 121 Å². The zero-order valence-corrected chi connectivity index (χ0v) is 31.4. The fourth-order valence-corrected chi connectivity index (χ4v) is 7.76. The lowest BCUT2D eigenvalue weighted by Gasteiger charge is -2.14. The van der Waals surface area contributed by atoms with E-state index in [9.17, 15) is 0 Å². The highest BCUT2D eigenvalue weighted by atomic mass is 16.7. The van der Waals surface area contributed by atoms with Crippen molar-refractivity contribution in [3.05, 3.63) is 173 Å². The summed E-state index contributed by atoms with van der Waals surface area (Å²) in [6.45, 7) is 0. The molecule has 2 aliphatic rings. The normalized spacial score (nSPS) is 12.1. The molecule has 0 amide bonds. The lowest BCUT2D eigenvalue weighted by Crippen LogP contribution is -2.07. The number of methoxy groups -OCH3 is 3. The molecule has 0 aliphatic carbocycles. The monoisotopic (exact) mass is 734 g/mol. The number of hydrogen-bond donors (Lipinski definition) is 1. The van der Waals surface area contributed by atoms with E-state index in [1.54, 1.807) is 33.2 Å². The van der Waals surface area contributed by atoms with Crippen LogP contribution in [0.25, 0.3) is 67.6 Å². The Morgan fingerprint density at radius 3 is 1.57 bits per heavy atom. The SMILES string of the molecule is COc1c(OC)c2c(OC)c3nc(c(-c4ccccc4)c4[nH]c(cc5nc(cc1n2OC)C=C5)cc4-c1ccccc1)C(c1ccccc1)=C3c1ccccc1. The first-order chi connectivity index (χ1) is 27.6. The van der Waals surface area contributed by atoms with E-state index in [0.717, 1.165) is 66.9 Å². The summed E-state index contributed by atoms with van der Waals surface area (Å²) in [6, 6.07) is 47.8. The van der Waals surface area contributed by atoms with Crippen molar-refractivity contribution in [2.45, 2.75) is 0 Å². The van der Waals surface area contributed by atoms with Gasteiger partial charge >= 0.3 is 0 Å². The number of benzene rings is 4. The van der Waals surface area contributed by atoms with E-state index in [1.807, 2.05) is 54.6 Å². The Morgan fingerprint density at radius 1 is 0.500 bits per heavy atom. The molecule has 0 unspecified atom stereocenters. The molecule has 0 saturated carbocycles. The standard InChI is InChI=1S/C48H38N4O4/c1-53-46-38-29-35-26-25-34(49-35)27-36-28-37(30-17-9-5-10-18-30)42(50-36)41(33-23-15-8-16-24-33)43-39(31-19-11-6-12-20-31)40(32-21-13-7-14-22-32)44(51-43)47(54-2)45(48(46)55-3)52(38)56-4/h5-29,50H,1-4H3. The van der Waals surface area contributed by atoms with Crippen LogP contribution in [0.3, 0.4) is 0 Å². The fraction of sp³-hybridized carbons (Fsp3) is 0.0833. The second kappa shape index (κ2) is 14.5. The molecule has 8 nitrogen and oxygen atoms in total. The molecule has 3 aromatic heterocycles. The molecule has 0 atom stereocenters.